The Bertz CT molecular complexity index is 322. The molecule has 0 radical (unpaired) electrons. The number of benzene rings is 1. The van der Waals surface area contributed by atoms with E-state index >= 15 is 0 Å². The van der Waals surface area contributed by atoms with Gasteiger partial charge in [0.05, 0.1) is 6.10 Å². The molecule has 1 aromatic rings. The predicted octanol–water partition coefficient (Wildman–Crippen LogP) is 1.39. The van der Waals surface area contributed by atoms with Crippen LogP contribution in [0, 0.1) is 5.92 Å². The van der Waals surface area contributed by atoms with Crippen LogP contribution in [-0.4, -0.2) is 36.2 Å². The first-order valence-corrected chi connectivity index (χ1v) is 6.46. The zero-order valence-corrected chi connectivity index (χ0v) is 10.3. The van der Waals surface area contributed by atoms with Crippen molar-refractivity contribution >= 4 is 0 Å². The van der Waals surface area contributed by atoms with E-state index in [-0.39, 0.29) is 5.92 Å². The number of rotatable bonds is 5. The largest absolute Gasteiger partial charge is 0.388 e. The van der Waals surface area contributed by atoms with Gasteiger partial charge in [-0.25, -0.2) is 0 Å². The third-order valence-corrected chi connectivity index (χ3v) is 3.58. The summed E-state index contributed by atoms with van der Waals surface area (Å²) in [6.07, 6.45) is 2.11. The molecular formula is C14H22N2O. The minimum Gasteiger partial charge on any atom is -0.388 e. The molecule has 1 aromatic carbocycles. The summed E-state index contributed by atoms with van der Waals surface area (Å²) in [5, 5.41) is 10.3. The van der Waals surface area contributed by atoms with Crippen LogP contribution in [0.15, 0.2) is 30.3 Å². The number of nitrogens with two attached hydrogens (primary N) is 1. The van der Waals surface area contributed by atoms with Gasteiger partial charge in [0.25, 0.3) is 0 Å². The van der Waals surface area contributed by atoms with E-state index < -0.39 is 6.10 Å². The quantitative estimate of drug-likeness (QED) is 0.809. The number of hydrogen-bond acceptors (Lipinski definition) is 3. The molecule has 0 spiro atoms. The van der Waals surface area contributed by atoms with Crippen molar-refractivity contribution in [2.45, 2.75) is 18.9 Å². The second-order valence-corrected chi connectivity index (χ2v) is 4.86. The highest BCUT2D eigenvalue weighted by Crippen LogP contribution is 2.23. The van der Waals surface area contributed by atoms with Gasteiger partial charge in [-0.1, -0.05) is 30.3 Å². The van der Waals surface area contributed by atoms with Gasteiger partial charge in [-0.05, 0) is 38.0 Å². The van der Waals surface area contributed by atoms with Gasteiger partial charge in [0, 0.05) is 12.5 Å². The van der Waals surface area contributed by atoms with Crippen molar-refractivity contribution in [1.29, 1.82) is 0 Å². The monoisotopic (exact) mass is 234 g/mol. The first-order valence-electron chi connectivity index (χ1n) is 6.46. The zero-order valence-electron chi connectivity index (χ0n) is 10.3. The standard InChI is InChI=1S/C14H22N2O/c15-10-13(11-16-8-4-5-9-16)14(17)12-6-2-1-3-7-12/h1-3,6-7,13-14,17H,4-5,8-11,15H2/t13-,14-/m1/s1. The smallest absolute Gasteiger partial charge is 0.0842 e. The van der Waals surface area contributed by atoms with Crippen molar-refractivity contribution < 1.29 is 5.11 Å². The molecule has 1 aliphatic heterocycles. The molecule has 1 saturated heterocycles. The Morgan fingerprint density at radius 3 is 2.41 bits per heavy atom. The minimum absolute atomic E-state index is 0.135. The summed E-state index contributed by atoms with van der Waals surface area (Å²) in [6, 6.07) is 9.83. The summed E-state index contributed by atoms with van der Waals surface area (Å²) in [6.45, 7) is 3.75. The highest BCUT2D eigenvalue weighted by molar-refractivity contribution is 5.18. The van der Waals surface area contributed by atoms with E-state index in [0.29, 0.717) is 6.54 Å². The number of aliphatic hydroxyl groups is 1. The van der Waals surface area contributed by atoms with Crippen LogP contribution in [0.1, 0.15) is 24.5 Å². The summed E-state index contributed by atoms with van der Waals surface area (Å²) in [5.74, 6) is 0.135. The van der Waals surface area contributed by atoms with Crippen molar-refractivity contribution in [2.24, 2.45) is 11.7 Å². The second-order valence-electron chi connectivity index (χ2n) is 4.86. The Labute approximate surface area is 103 Å². The van der Waals surface area contributed by atoms with E-state index in [1.54, 1.807) is 0 Å². The molecule has 1 fully saturated rings. The Morgan fingerprint density at radius 2 is 1.82 bits per heavy atom. The second kappa shape index (κ2) is 6.15. The number of hydrogen-bond donors (Lipinski definition) is 2. The molecule has 0 aromatic heterocycles. The van der Waals surface area contributed by atoms with Crippen molar-refractivity contribution in [3.63, 3.8) is 0 Å². The van der Waals surface area contributed by atoms with E-state index in [9.17, 15) is 5.11 Å². The van der Waals surface area contributed by atoms with Crippen LogP contribution in [0.25, 0.3) is 0 Å². The van der Waals surface area contributed by atoms with Crippen LogP contribution in [0.5, 0.6) is 0 Å². The van der Waals surface area contributed by atoms with E-state index in [4.69, 9.17) is 5.73 Å². The molecular weight excluding hydrogens is 212 g/mol. The predicted molar refractivity (Wildman–Crippen MR) is 69.6 cm³/mol. The minimum atomic E-state index is -0.443. The fourth-order valence-electron chi connectivity index (χ4n) is 2.52. The maximum Gasteiger partial charge on any atom is 0.0842 e. The molecule has 0 amide bonds. The first-order chi connectivity index (χ1) is 8.31. The fraction of sp³-hybridized carbons (Fsp3) is 0.571. The van der Waals surface area contributed by atoms with Gasteiger partial charge in [0.2, 0.25) is 0 Å². The Balaban J connectivity index is 1.97. The molecule has 1 aliphatic rings. The van der Waals surface area contributed by atoms with Crippen LogP contribution < -0.4 is 5.73 Å². The van der Waals surface area contributed by atoms with Gasteiger partial charge in [-0.2, -0.15) is 0 Å². The Kier molecular flexibility index (Phi) is 4.54. The summed E-state index contributed by atoms with van der Waals surface area (Å²) in [7, 11) is 0. The van der Waals surface area contributed by atoms with Crippen LogP contribution in [0.2, 0.25) is 0 Å². The molecule has 17 heavy (non-hydrogen) atoms. The molecule has 0 aliphatic carbocycles. The molecule has 3 heteroatoms. The molecule has 3 N–H and O–H groups in total. The summed E-state index contributed by atoms with van der Waals surface area (Å²) < 4.78 is 0. The van der Waals surface area contributed by atoms with Gasteiger partial charge >= 0.3 is 0 Å². The lowest BCUT2D eigenvalue weighted by atomic mass is 9.95. The molecule has 0 bridgehead atoms. The fourth-order valence-corrected chi connectivity index (χ4v) is 2.52. The van der Waals surface area contributed by atoms with Crippen molar-refractivity contribution in [3.05, 3.63) is 35.9 Å². The van der Waals surface area contributed by atoms with Crippen molar-refractivity contribution in [3.8, 4) is 0 Å². The van der Waals surface area contributed by atoms with E-state index in [0.717, 1.165) is 25.2 Å². The average Bonchev–Trinajstić information content (AvgIpc) is 2.89. The van der Waals surface area contributed by atoms with Crippen LogP contribution in [0.4, 0.5) is 0 Å². The maximum absolute atomic E-state index is 10.3. The first kappa shape index (κ1) is 12.6. The molecule has 94 valence electrons. The SMILES string of the molecule is NC[C@H](CN1CCCC1)[C@H](O)c1ccccc1. The van der Waals surface area contributed by atoms with Crippen LogP contribution in [0.3, 0.4) is 0 Å². The zero-order chi connectivity index (χ0) is 12.1. The molecule has 2 atom stereocenters. The number of nitrogens with zero attached hydrogens (tertiary/aromatic N) is 1. The average molecular weight is 234 g/mol. The van der Waals surface area contributed by atoms with E-state index in [1.165, 1.54) is 12.8 Å². The summed E-state index contributed by atoms with van der Waals surface area (Å²) in [5.41, 5.74) is 6.78. The molecule has 2 rings (SSSR count). The number of aliphatic hydroxyl groups excluding tert-OH is 1. The lowest BCUT2D eigenvalue weighted by Gasteiger charge is -2.26. The van der Waals surface area contributed by atoms with Crippen LogP contribution in [-0.2, 0) is 0 Å². The third-order valence-electron chi connectivity index (χ3n) is 3.58. The lowest BCUT2D eigenvalue weighted by Crippen LogP contribution is -2.34. The molecule has 3 nitrogen and oxygen atoms in total. The van der Waals surface area contributed by atoms with E-state index in [1.807, 2.05) is 30.3 Å². The molecule has 0 unspecified atom stereocenters. The third kappa shape index (κ3) is 3.28. The summed E-state index contributed by atoms with van der Waals surface area (Å²) >= 11 is 0. The Hall–Kier alpha value is -0.900. The topological polar surface area (TPSA) is 49.5 Å². The van der Waals surface area contributed by atoms with Crippen LogP contribution >= 0.6 is 0 Å². The van der Waals surface area contributed by atoms with E-state index in [2.05, 4.69) is 4.90 Å². The summed E-state index contributed by atoms with van der Waals surface area (Å²) in [4.78, 5) is 2.41. The maximum atomic E-state index is 10.3. The Morgan fingerprint density at radius 1 is 1.18 bits per heavy atom. The lowest BCUT2D eigenvalue weighted by molar-refractivity contribution is 0.0891. The molecule has 1 heterocycles. The normalized spacial score (nSPS) is 20.4. The van der Waals surface area contributed by atoms with Crippen molar-refractivity contribution in [2.75, 3.05) is 26.2 Å². The van der Waals surface area contributed by atoms with Crippen molar-refractivity contribution in [1.82, 2.24) is 4.90 Å². The van der Waals surface area contributed by atoms with Gasteiger partial charge in [0.1, 0.15) is 0 Å². The van der Waals surface area contributed by atoms with Gasteiger partial charge in [-0.3, -0.25) is 0 Å². The highest BCUT2D eigenvalue weighted by Gasteiger charge is 2.23. The van der Waals surface area contributed by atoms with Gasteiger partial charge in [-0.15, -0.1) is 0 Å². The highest BCUT2D eigenvalue weighted by atomic mass is 16.3. The van der Waals surface area contributed by atoms with Gasteiger partial charge < -0.3 is 15.7 Å². The molecule has 0 saturated carbocycles. The number of likely N-dealkylation sites (tertiary alicyclic amines) is 1. The van der Waals surface area contributed by atoms with Gasteiger partial charge in [0.15, 0.2) is 0 Å².